The molecule has 1 heterocycles. The molecule has 0 bridgehead atoms. The first kappa shape index (κ1) is 25.0. The number of likely N-dealkylation sites (N-methyl/N-ethyl adjacent to an activating group) is 1. The van der Waals surface area contributed by atoms with Crippen LogP contribution in [-0.2, 0) is 19.6 Å². The first-order chi connectivity index (χ1) is 17.2. The van der Waals surface area contributed by atoms with Gasteiger partial charge in [-0.05, 0) is 42.8 Å². The van der Waals surface area contributed by atoms with Gasteiger partial charge in [0.15, 0.2) is 0 Å². The minimum atomic E-state index is -3.67. The molecule has 0 fully saturated rings. The summed E-state index contributed by atoms with van der Waals surface area (Å²) in [4.78, 5) is 26.6. The van der Waals surface area contributed by atoms with Crippen molar-refractivity contribution in [2.75, 3.05) is 41.3 Å². The van der Waals surface area contributed by atoms with E-state index >= 15 is 0 Å². The number of rotatable bonds is 8. The Labute approximate surface area is 211 Å². The number of sulfonamides is 1. The Hall–Kier alpha value is -4.11. The largest absolute Gasteiger partial charge is 0.354 e. The van der Waals surface area contributed by atoms with Crippen LogP contribution in [0.25, 0.3) is 11.3 Å². The molecule has 0 spiro atoms. The summed E-state index contributed by atoms with van der Waals surface area (Å²) in [5.74, 6) is -0.662. The summed E-state index contributed by atoms with van der Waals surface area (Å²) in [6.45, 7) is 1.26. The summed E-state index contributed by atoms with van der Waals surface area (Å²) in [6, 6.07) is 23.8. The summed E-state index contributed by atoms with van der Waals surface area (Å²) >= 11 is 0. The summed E-state index contributed by atoms with van der Waals surface area (Å²) < 4.78 is 26.6. The highest BCUT2D eigenvalue weighted by atomic mass is 32.2. The van der Waals surface area contributed by atoms with Crippen molar-refractivity contribution in [3.8, 4) is 0 Å². The Bertz CT molecular complexity index is 1420. The molecule has 0 radical (unpaired) electrons. The summed E-state index contributed by atoms with van der Waals surface area (Å²) in [5, 5.41) is 6.27. The molecular formula is C27H28N4O4S. The topological polar surface area (TPSA) is 98.8 Å². The summed E-state index contributed by atoms with van der Waals surface area (Å²) in [5.41, 5.74) is 4.57. The first-order valence-electron chi connectivity index (χ1n) is 11.5. The molecule has 3 aromatic rings. The molecular weight excluding hydrogens is 476 g/mol. The van der Waals surface area contributed by atoms with Crippen LogP contribution in [0.5, 0.6) is 0 Å². The third-order valence-electron chi connectivity index (χ3n) is 5.89. The predicted molar refractivity (Wildman–Crippen MR) is 144 cm³/mol. The standard InChI is InChI=1S/C27H28N4O4S/c1-4-36(34,35)31(18-24(32)30(2)3)21-16-14-20(15-17-21)28-26(19-10-6-5-7-11-19)25-22-12-8-9-13-23(22)29-27(25)33/h5-17,28H,4,18H2,1-3H3,(H,29,33). The molecule has 2 N–H and O–H groups in total. The maximum atomic E-state index is 13.0. The van der Waals surface area contributed by atoms with E-state index in [0.717, 1.165) is 21.1 Å². The second-order valence-electron chi connectivity index (χ2n) is 8.48. The summed E-state index contributed by atoms with van der Waals surface area (Å²) in [6.07, 6.45) is 0. The van der Waals surface area contributed by atoms with Crippen molar-refractivity contribution in [3.63, 3.8) is 0 Å². The van der Waals surface area contributed by atoms with Gasteiger partial charge in [-0.25, -0.2) is 8.42 Å². The second-order valence-corrected chi connectivity index (χ2v) is 10.7. The van der Waals surface area contributed by atoms with E-state index in [1.54, 1.807) is 45.3 Å². The Balaban J connectivity index is 1.72. The maximum absolute atomic E-state index is 13.0. The first-order valence-corrected chi connectivity index (χ1v) is 13.1. The number of nitrogens with one attached hydrogen (secondary N) is 2. The quantitative estimate of drug-likeness (QED) is 0.454. The smallest absolute Gasteiger partial charge is 0.258 e. The number of carbonyl (C=O) groups excluding carboxylic acids is 2. The van der Waals surface area contributed by atoms with Crippen LogP contribution >= 0.6 is 0 Å². The van der Waals surface area contributed by atoms with Gasteiger partial charge < -0.3 is 15.5 Å². The van der Waals surface area contributed by atoms with E-state index in [9.17, 15) is 18.0 Å². The van der Waals surface area contributed by atoms with E-state index in [-0.39, 0.29) is 24.1 Å². The van der Waals surface area contributed by atoms with E-state index in [0.29, 0.717) is 22.6 Å². The molecule has 0 unspecified atom stereocenters. The van der Waals surface area contributed by atoms with Gasteiger partial charge in [0, 0.05) is 31.0 Å². The Morgan fingerprint density at radius 1 is 0.917 bits per heavy atom. The molecule has 1 aliphatic heterocycles. The number of hydrogen-bond acceptors (Lipinski definition) is 5. The van der Waals surface area contributed by atoms with Crippen molar-refractivity contribution in [1.82, 2.24) is 4.90 Å². The minimum absolute atomic E-state index is 0.132. The molecule has 36 heavy (non-hydrogen) atoms. The van der Waals surface area contributed by atoms with Gasteiger partial charge in [-0.15, -0.1) is 0 Å². The SMILES string of the molecule is CCS(=O)(=O)N(CC(=O)N(C)C)c1ccc(NC(=C2C(=O)Nc3ccccc32)c2ccccc2)cc1. The summed E-state index contributed by atoms with van der Waals surface area (Å²) in [7, 11) is -0.501. The lowest BCUT2D eigenvalue weighted by molar-refractivity contribution is -0.127. The van der Waals surface area contributed by atoms with Gasteiger partial charge >= 0.3 is 0 Å². The number of para-hydroxylation sites is 1. The Kier molecular flexibility index (Phi) is 7.12. The molecule has 9 heteroatoms. The Morgan fingerprint density at radius 2 is 1.56 bits per heavy atom. The monoisotopic (exact) mass is 504 g/mol. The van der Waals surface area contributed by atoms with Gasteiger partial charge in [0.25, 0.3) is 5.91 Å². The minimum Gasteiger partial charge on any atom is -0.354 e. The van der Waals surface area contributed by atoms with Gasteiger partial charge in [0.2, 0.25) is 15.9 Å². The van der Waals surface area contributed by atoms with Crippen LogP contribution < -0.4 is 14.9 Å². The fourth-order valence-electron chi connectivity index (χ4n) is 3.87. The van der Waals surface area contributed by atoms with Gasteiger partial charge in [0.05, 0.1) is 22.7 Å². The second kappa shape index (κ2) is 10.2. The normalized spacial score (nSPS) is 14.0. The van der Waals surface area contributed by atoms with Crippen molar-refractivity contribution in [1.29, 1.82) is 0 Å². The van der Waals surface area contributed by atoms with Crippen LogP contribution in [0.15, 0.2) is 78.9 Å². The average Bonchev–Trinajstić information content (AvgIpc) is 3.22. The van der Waals surface area contributed by atoms with Crippen LogP contribution in [0.3, 0.4) is 0 Å². The van der Waals surface area contributed by atoms with Gasteiger partial charge in [0.1, 0.15) is 6.54 Å². The Morgan fingerprint density at radius 3 is 2.19 bits per heavy atom. The lowest BCUT2D eigenvalue weighted by Gasteiger charge is -2.25. The van der Waals surface area contributed by atoms with Gasteiger partial charge in [-0.2, -0.15) is 0 Å². The molecule has 3 aromatic carbocycles. The third kappa shape index (κ3) is 5.11. The molecule has 1 aliphatic rings. The van der Waals surface area contributed by atoms with Crippen LogP contribution in [0, 0.1) is 0 Å². The number of hydrogen-bond donors (Lipinski definition) is 2. The lowest BCUT2D eigenvalue weighted by atomic mass is 10.00. The van der Waals surface area contributed by atoms with Crippen LogP contribution in [0.2, 0.25) is 0 Å². The van der Waals surface area contributed by atoms with Crippen molar-refractivity contribution in [3.05, 3.63) is 90.0 Å². The van der Waals surface area contributed by atoms with Gasteiger partial charge in [-0.1, -0.05) is 48.5 Å². The zero-order valence-electron chi connectivity index (χ0n) is 20.4. The molecule has 0 aliphatic carbocycles. The van der Waals surface area contributed by atoms with E-state index < -0.39 is 10.0 Å². The molecule has 186 valence electrons. The number of carbonyl (C=O) groups is 2. The highest BCUT2D eigenvalue weighted by Crippen LogP contribution is 2.37. The molecule has 8 nitrogen and oxygen atoms in total. The van der Waals surface area contributed by atoms with E-state index in [2.05, 4.69) is 10.6 Å². The predicted octanol–water partition coefficient (Wildman–Crippen LogP) is 3.86. The van der Waals surface area contributed by atoms with Crippen LogP contribution in [0.1, 0.15) is 18.1 Å². The van der Waals surface area contributed by atoms with Gasteiger partial charge in [-0.3, -0.25) is 13.9 Å². The maximum Gasteiger partial charge on any atom is 0.258 e. The van der Waals surface area contributed by atoms with E-state index in [1.807, 2.05) is 54.6 Å². The molecule has 0 saturated carbocycles. The van der Waals surface area contributed by atoms with Crippen LogP contribution in [0.4, 0.5) is 17.1 Å². The molecule has 0 saturated heterocycles. The lowest BCUT2D eigenvalue weighted by Crippen LogP contribution is -2.41. The van der Waals surface area contributed by atoms with Crippen molar-refractivity contribution < 1.29 is 18.0 Å². The zero-order chi connectivity index (χ0) is 25.9. The molecule has 4 rings (SSSR count). The molecule has 2 amide bonds. The number of anilines is 3. The number of amides is 2. The highest BCUT2D eigenvalue weighted by molar-refractivity contribution is 7.92. The van der Waals surface area contributed by atoms with Crippen molar-refractivity contribution in [2.24, 2.45) is 0 Å². The fraction of sp³-hybridized carbons (Fsp3) is 0.185. The molecule has 0 aromatic heterocycles. The third-order valence-corrected chi connectivity index (χ3v) is 7.63. The van der Waals surface area contributed by atoms with E-state index in [4.69, 9.17) is 0 Å². The number of nitrogens with zero attached hydrogens (tertiary/aromatic N) is 2. The van der Waals surface area contributed by atoms with E-state index in [1.165, 1.54) is 4.90 Å². The number of benzene rings is 3. The number of fused-ring (bicyclic) bond motifs is 1. The fourth-order valence-corrected chi connectivity index (χ4v) is 4.94. The average molecular weight is 505 g/mol. The van der Waals surface area contributed by atoms with Crippen molar-refractivity contribution in [2.45, 2.75) is 6.92 Å². The molecule has 0 atom stereocenters. The van der Waals surface area contributed by atoms with Crippen LogP contribution in [-0.4, -0.2) is 51.5 Å². The highest BCUT2D eigenvalue weighted by Gasteiger charge is 2.28. The zero-order valence-corrected chi connectivity index (χ0v) is 21.2. The van der Waals surface area contributed by atoms with Crippen molar-refractivity contribution >= 4 is 50.2 Å².